The number of anilines is 1. The van der Waals surface area contributed by atoms with Crippen molar-refractivity contribution in [2.75, 3.05) is 11.4 Å². The highest BCUT2D eigenvalue weighted by molar-refractivity contribution is 5.97. The maximum Gasteiger partial charge on any atom is 0.227 e. The number of benzene rings is 2. The summed E-state index contributed by atoms with van der Waals surface area (Å²) in [6, 6.07) is 13.8. The first-order valence-electron chi connectivity index (χ1n) is 9.33. The van der Waals surface area contributed by atoms with Gasteiger partial charge in [-0.25, -0.2) is 0 Å². The van der Waals surface area contributed by atoms with Crippen LogP contribution in [0, 0.1) is 13.8 Å². The molecule has 0 saturated carbocycles. The number of hydrogen-bond donors (Lipinski definition) is 1. The minimum Gasteiger partial charge on any atom is -0.487 e. The van der Waals surface area contributed by atoms with Crippen molar-refractivity contribution in [3.8, 4) is 5.75 Å². The predicted octanol–water partition coefficient (Wildman–Crippen LogP) is 3.51. The quantitative estimate of drug-likeness (QED) is 0.881. The van der Waals surface area contributed by atoms with Gasteiger partial charge in [0, 0.05) is 19.4 Å². The molecule has 142 valence electrons. The van der Waals surface area contributed by atoms with Crippen LogP contribution in [0.2, 0.25) is 0 Å². The van der Waals surface area contributed by atoms with Crippen LogP contribution >= 0.6 is 0 Å². The molecule has 0 aliphatic carbocycles. The average molecular weight is 366 g/mol. The molecule has 2 aromatic carbocycles. The Labute approximate surface area is 160 Å². The molecule has 2 aromatic rings. The number of rotatable bonds is 5. The van der Waals surface area contributed by atoms with E-state index in [1.54, 1.807) is 4.90 Å². The highest BCUT2D eigenvalue weighted by Crippen LogP contribution is 2.34. The van der Waals surface area contributed by atoms with Crippen molar-refractivity contribution >= 4 is 17.5 Å². The minimum atomic E-state index is -0.114. The van der Waals surface area contributed by atoms with Crippen molar-refractivity contribution in [2.45, 2.75) is 46.3 Å². The lowest BCUT2D eigenvalue weighted by Crippen LogP contribution is -2.42. The molecule has 3 rings (SSSR count). The van der Waals surface area contributed by atoms with Gasteiger partial charge < -0.3 is 15.0 Å². The molecule has 1 N–H and O–H groups in total. The number of carbonyl (C=O) groups excluding carboxylic acids is 2. The molecule has 27 heavy (non-hydrogen) atoms. The fourth-order valence-corrected chi connectivity index (χ4v) is 3.23. The molecular formula is C22H26N2O3. The Morgan fingerprint density at radius 3 is 2.70 bits per heavy atom. The van der Waals surface area contributed by atoms with E-state index in [-0.39, 0.29) is 30.8 Å². The summed E-state index contributed by atoms with van der Waals surface area (Å²) in [5, 5.41) is 2.90. The van der Waals surface area contributed by atoms with Gasteiger partial charge in [0.2, 0.25) is 11.8 Å². The zero-order chi connectivity index (χ0) is 19.4. The van der Waals surface area contributed by atoms with Crippen LogP contribution in [0.15, 0.2) is 42.5 Å². The molecule has 0 saturated heterocycles. The lowest BCUT2D eigenvalue weighted by Gasteiger charge is -2.33. The SMILES string of the molecule is Cc1ccc2c(c1)N(C(=O)CCC(=O)NCc1ccccc1C)C[C@H](C)O2. The van der Waals surface area contributed by atoms with Crippen molar-refractivity contribution in [3.05, 3.63) is 59.2 Å². The second kappa shape index (κ2) is 8.25. The molecule has 0 fully saturated rings. The van der Waals surface area contributed by atoms with Gasteiger partial charge in [-0.15, -0.1) is 0 Å². The lowest BCUT2D eigenvalue weighted by atomic mass is 10.1. The largest absolute Gasteiger partial charge is 0.487 e. The molecule has 1 atom stereocenters. The highest BCUT2D eigenvalue weighted by atomic mass is 16.5. The smallest absolute Gasteiger partial charge is 0.227 e. The molecular weight excluding hydrogens is 340 g/mol. The van der Waals surface area contributed by atoms with Crippen LogP contribution in [0.1, 0.15) is 36.5 Å². The summed E-state index contributed by atoms with van der Waals surface area (Å²) in [5.41, 5.74) is 4.09. The van der Waals surface area contributed by atoms with Crippen LogP contribution in [0.5, 0.6) is 5.75 Å². The number of nitrogens with zero attached hydrogens (tertiary/aromatic N) is 1. The highest BCUT2D eigenvalue weighted by Gasteiger charge is 2.27. The maximum absolute atomic E-state index is 12.7. The van der Waals surface area contributed by atoms with Gasteiger partial charge >= 0.3 is 0 Å². The molecule has 0 bridgehead atoms. The van der Waals surface area contributed by atoms with Gasteiger partial charge in [-0.05, 0) is 49.6 Å². The van der Waals surface area contributed by atoms with E-state index in [4.69, 9.17) is 4.74 Å². The van der Waals surface area contributed by atoms with Crippen LogP contribution in [0.4, 0.5) is 5.69 Å². The third-order valence-corrected chi connectivity index (χ3v) is 4.78. The van der Waals surface area contributed by atoms with Gasteiger partial charge in [0.15, 0.2) is 0 Å². The van der Waals surface area contributed by atoms with Crippen molar-refractivity contribution in [2.24, 2.45) is 0 Å². The van der Waals surface area contributed by atoms with E-state index >= 15 is 0 Å². The number of amides is 2. The molecule has 5 nitrogen and oxygen atoms in total. The lowest BCUT2D eigenvalue weighted by molar-refractivity contribution is -0.125. The van der Waals surface area contributed by atoms with E-state index in [2.05, 4.69) is 5.32 Å². The van der Waals surface area contributed by atoms with Crippen molar-refractivity contribution in [1.82, 2.24) is 5.32 Å². The number of aryl methyl sites for hydroxylation is 2. The first-order chi connectivity index (χ1) is 12.9. The Morgan fingerprint density at radius 1 is 1.15 bits per heavy atom. The van der Waals surface area contributed by atoms with E-state index in [0.717, 1.165) is 28.1 Å². The van der Waals surface area contributed by atoms with Crippen molar-refractivity contribution < 1.29 is 14.3 Å². The first kappa shape index (κ1) is 19.0. The number of hydrogen-bond acceptors (Lipinski definition) is 3. The maximum atomic E-state index is 12.7. The molecule has 1 aliphatic heterocycles. The second-order valence-corrected chi connectivity index (χ2v) is 7.11. The fourth-order valence-electron chi connectivity index (χ4n) is 3.23. The predicted molar refractivity (Wildman–Crippen MR) is 106 cm³/mol. The van der Waals surface area contributed by atoms with Crippen LogP contribution in [0.3, 0.4) is 0 Å². The summed E-state index contributed by atoms with van der Waals surface area (Å²) < 4.78 is 5.82. The van der Waals surface area contributed by atoms with Crippen molar-refractivity contribution in [1.29, 1.82) is 0 Å². The summed E-state index contributed by atoms with van der Waals surface area (Å²) in [4.78, 5) is 26.7. The van der Waals surface area contributed by atoms with Gasteiger partial charge in [-0.3, -0.25) is 9.59 Å². The molecule has 0 spiro atoms. The third kappa shape index (κ3) is 4.67. The molecule has 0 radical (unpaired) electrons. The van der Waals surface area contributed by atoms with E-state index in [1.807, 2.05) is 63.2 Å². The van der Waals surface area contributed by atoms with E-state index < -0.39 is 0 Å². The molecule has 1 heterocycles. The topological polar surface area (TPSA) is 58.6 Å². The third-order valence-electron chi connectivity index (χ3n) is 4.78. The summed E-state index contributed by atoms with van der Waals surface area (Å²) in [6.07, 6.45) is 0.288. The van der Waals surface area contributed by atoms with E-state index in [0.29, 0.717) is 13.1 Å². The van der Waals surface area contributed by atoms with E-state index in [9.17, 15) is 9.59 Å². The average Bonchev–Trinajstić information content (AvgIpc) is 2.65. The zero-order valence-electron chi connectivity index (χ0n) is 16.1. The molecule has 5 heteroatoms. The Hall–Kier alpha value is -2.82. The van der Waals surface area contributed by atoms with Crippen molar-refractivity contribution in [3.63, 3.8) is 0 Å². The summed E-state index contributed by atoms with van der Waals surface area (Å²) in [5.74, 6) is 0.553. The number of ether oxygens (including phenoxy) is 1. The van der Waals surface area contributed by atoms with Gasteiger partial charge in [0.25, 0.3) is 0 Å². The summed E-state index contributed by atoms with van der Waals surface area (Å²) >= 11 is 0. The Kier molecular flexibility index (Phi) is 5.79. The van der Waals surface area contributed by atoms with Gasteiger partial charge in [-0.2, -0.15) is 0 Å². The Bertz CT molecular complexity index is 847. The zero-order valence-corrected chi connectivity index (χ0v) is 16.1. The Morgan fingerprint density at radius 2 is 1.93 bits per heavy atom. The van der Waals surface area contributed by atoms with Crippen LogP contribution in [-0.4, -0.2) is 24.5 Å². The molecule has 1 aliphatic rings. The van der Waals surface area contributed by atoms with Gasteiger partial charge in [0.1, 0.15) is 11.9 Å². The van der Waals surface area contributed by atoms with Crippen LogP contribution in [0.25, 0.3) is 0 Å². The van der Waals surface area contributed by atoms with Crippen LogP contribution < -0.4 is 15.0 Å². The standard InChI is InChI=1S/C22H26N2O3/c1-15-8-9-20-19(12-15)24(14-17(3)27-20)22(26)11-10-21(25)23-13-18-7-5-4-6-16(18)2/h4-9,12,17H,10-11,13-14H2,1-3H3,(H,23,25)/t17-/m0/s1. The number of nitrogens with one attached hydrogen (secondary N) is 1. The normalized spacial score (nSPS) is 15.7. The van der Waals surface area contributed by atoms with Gasteiger partial charge in [-0.1, -0.05) is 30.3 Å². The van der Waals surface area contributed by atoms with Crippen LogP contribution in [-0.2, 0) is 16.1 Å². The van der Waals surface area contributed by atoms with E-state index in [1.165, 1.54) is 0 Å². The number of carbonyl (C=O) groups is 2. The Balaban J connectivity index is 1.57. The number of fused-ring (bicyclic) bond motifs is 1. The second-order valence-electron chi connectivity index (χ2n) is 7.11. The summed E-state index contributed by atoms with van der Waals surface area (Å²) in [7, 11) is 0. The monoisotopic (exact) mass is 366 g/mol. The molecule has 0 aromatic heterocycles. The fraction of sp³-hybridized carbons (Fsp3) is 0.364. The minimum absolute atomic E-state index is 0.0527. The first-order valence-corrected chi connectivity index (χ1v) is 9.33. The summed E-state index contributed by atoms with van der Waals surface area (Å²) in [6.45, 7) is 6.93. The van der Waals surface area contributed by atoms with Gasteiger partial charge in [0.05, 0.1) is 12.2 Å². The molecule has 0 unspecified atom stereocenters. The molecule has 2 amide bonds.